The quantitative estimate of drug-likeness (QED) is 0.645. The minimum atomic E-state index is -0.308. The van der Waals surface area contributed by atoms with Crippen molar-refractivity contribution in [2.75, 3.05) is 0 Å². The summed E-state index contributed by atoms with van der Waals surface area (Å²) in [4.78, 5) is 26.2. The lowest BCUT2D eigenvalue weighted by Crippen LogP contribution is -2.32. The Morgan fingerprint density at radius 3 is 2.37 bits per heavy atom. The molecule has 3 unspecified atom stereocenters. The zero-order chi connectivity index (χ0) is 19.6. The van der Waals surface area contributed by atoms with Crippen LogP contribution in [0.3, 0.4) is 0 Å². The minimum Gasteiger partial charge on any atom is -0.299 e. The predicted molar refractivity (Wildman–Crippen MR) is 105 cm³/mol. The van der Waals surface area contributed by atoms with Gasteiger partial charge in [0.25, 0.3) is 0 Å². The average Bonchev–Trinajstić information content (AvgIpc) is 2.82. The van der Waals surface area contributed by atoms with Crippen LogP contribution >= 0.6 is 0 Å². The van der Waals surface area contributed by atoms with Gasteiger partial charge in [-0.2, -0.15) is 0 Å². The Bertz CT molecular complexity index is 823. The fourth-order valence-electron chi connectivity index (χ4n) is 4.42. The van der Waals surface area contributed by atoms with E-state index in [4.69, 9.17) is 0 Å². The molecule has 3 atom stereocenters. The molecule has 2 nitrogen and oxygen atoms in total. The first-order valence-electron chi connectivity index (χ1n) is 9.81. The number of rotatable bonds is 5. The molecular formula is C24H27FO2. The third kappa shape index (κ3) is 4.02. The summed E-state index contributed by atoms with van der Waals surface area (Å²) in [6, 6.07) is 14.1. The molecule has 27 heavy (non-hydrogen) atoms. The van der Waals surface area contributed by atoms with Gasteiger partial charge in [-0.25, -0.2) is 4.39 Å². The summed E-state index contributed by atoms with van der Waals surface area (Å²) in [6.07, 6.45) is 2.53. The van der Waals surface area contributed by atoms with Gasteiger partial charge in [0.2, 0.25) is 0 Å². The van der Waals surface area contributed by atoms with Crippen LogP contribution in [0.1, 0.15) is 61.0 Å². The molecule has 3 heteroatoms. The molecule has 0 fully saturated rings. The average molecular weight is 366 g/mol. The first-order chi connectivity index (χ1) is 12.9. The highest BCUT2D eigenvalue weighted by molar-refractivity contribution is 6.00. The summed E-state index contributed by atoms with van der Waals surface area (Å²) in [7, 11) is 0. The van der Waals surface area contributed by atoms with Crippen LogP contribution in [0.5, 0.6) is 0 Å². The Morgan fingerprint density at radius 2 is 1.70 bits per heavy atom. The summed E-state index contributed by atoms with van der Waals surface area (Å²) < 4.78 is 13.5. The van der Waals surface area contributed by atoms with Crippen LogP contribution in [0, 0.1) is 23.6 Å². The molecule has 2 aromatic carbocycles. The standard InChI is InChI=1S/C24H27FO2/c1-15(2)23(26)16(3)22(18-11-13-19(25)14-12-18)21-10-6-8-17-7-4-5-9-20(17)24(21)27/h4-5,7,9,11-16,21-22H,6,8,10H2,1-3H3. The second-order valence-corrected chi connectivity index (χ2v) is 7.94. The van der Waals surface area contributed by atoms with E-state index in [9.17, 15) is 14.0 Å². The summed E-state index contributed by atoms with van der Waals surface area (Å²) in [5.41, 5.74) is 2.73. The molecule has 0 aliphatic heterocycles. The van der Waals surface area contributed by atoms with Crippen LogP contribution < -0.4 is 0 Å². The smallest absolute Gasteiger partial charge is 0.166 e. The van der Waals surface area contributed by atoms with E-state index in [2.05, 4.69) is 0 Å². The highest BCUT2D eigenvalue weighted by Crippen LogP contribution is 2.40. The lowest BCUT2D eigenvalue weighted by molar-refractivity contribution is -0.126. The van der Waals surface area contributed by atoms with Crippen LogP contribution in [0.15, 0.2) is 48.5 Å². The summed E-state index contributed by atoms with van der Waals surface area (Å²) in [5, 5.41) is 0. The largest absolute Gasteiger partial charge is 0.299 e. The van der Waals surface area contributed by atoms with Crippen LogP contribution in [-0.2, 0) is 11.2 Å². The van der Waals surface area contributed by atoms with E-state index in [1.807, 2.05) is 45.0 Å². The van der Waals surface area contributed by atoms with E-state index in [1.54, 1.807) is 12.1 Å². The SMILES string of the molecule is CC(C)C(=O)C(C)C(c1ccc(F)cc1)C1CCCc2ccccc2C1=O. The number of benzene rings is 2. The first kappa shape index (κ1) is 19.5. The van der Waals surface area contributed by atoms with E-state index in [0.717, 1.165) is 36.0 Å². The van der Waals surface area contributed by atoms with E-state index in [0.29, 0.717) is 0 Å². The van der Waals surface area contributed by atoms with E-state index in [-0.39, 0.29) is 41.1 Å². The Kier molecular flexibility index (Phi) is 5.88. The van der Waals surface area contributed by atoms with Crippen molar-refractivity contribution >= 4 is 11.6 Å². The van der Waals surface area contributed by atoms with Gasteiger partial charge in [-0.3, -0.25) is 9.59 Å². The van der Waals surface area contributed by atoms with Gasteiger partial charge in [-0.05, 0) is 42.5 Å². The summed E-state index contributed by atoms with van der Waals surface area (Å²) in [6.45, 7) is 5.70. The van der Waals surface area contributed by atoms with Gasteiger partial charge < -0.3 is 0 Å². The van der Waals surface area contributed by atoms with Crippen molar-refractivity contribution in [2.45, 2.75) is 46.0 Å². The molecule has 0 aromatic heterocycles. The lowest BCUT2D eigenvalue weighted by Gasteiger charge is -2.31. The topological polar surface area (TPSA) is 34.1 Å². The van der Waals surface area contributed by atoms with Crippen LogP contribution in [0.2, 0.25) is 0 Å². The van der Waals surface area contributed by atoms with Crippen molar-refractivity contribution in [3.05, 3.63) is 71.0 Å². The van der Waals surface area contributed by atoms with Gasteiger partial charge >= 0.3 is 0 Å². The van der Waals surface area contributed by atoms with Gasteiger partial charge in [0, 0.05) is 29.2 Å². The molecule has 142 valence electrons. The number of ketones is 2. The number of hydrogen-bond acceptors (Lipinski definition) is 2. The molecule has 0 amide bonds. The molecule has 0 spiro atoms. The maximum Gasteiger partial charge on any atom is 0.166 e. The van der Waals surface area contributed by atoms with Gasteiger partial charge in [0.15, 0.2) is 5.78 Å². The lowest BCUT2D eigenvalue weighted by atomic mass is 9.70. The van der Waals surface area contributed by atoms with Crippen molar-refractivity contribution in [1.29, 1.82) is 0 Å². The zero-order valence-electron chi connectivity index (χ0n) is 16.2. The number of aryl methyl sites for hydroxylation is 1. The molecule has 0 heterocycles. The highest BCUT2D eigenvalue weighted by atomic mass is 19.1. The number of Topliss-reactive ketones (excluding diaryl/α,β-unsaturated/α-hetero) is 2. The number of hydrogen-bond donors (Lipinski definition) is 0. The highest BCUT2D eigenvalue weighted by Gasteiger charge is 2.38. The van der Waals surface area contributed by atoms with Crippen molar-refractivity contribution in [3.8, 4) is 0 Å². The van der Waals surface area contributed by atoms with Crippen molar-refractivity contribution in [3.63, 3.8) is 0 Å². The number of carbonyl (C=O) groups is 2. The molecule has 0 saturated heterocycles. The molecule has 0 radical (unpaired) electrons. The Morgan fingerprint density at radius 1 is 1.04 bits per heavy atom. The van der Waals surface area contributed by atoms with Gasteiger partial charge in [0.1, 0.15) is 11.6 Å². The second-order valence-electron chi connectivity index (χ2n) is 7.94. The zero-order valence-corrected chi connectivity index (χ0v) is 16.2. The van der Waals surface area contributed by atoms with Crippen LogP contribution in [-0.4, -0.2) is 11.6 Å². The van der Waals surface area contributed by atoms with E-state index >= 15 is 0 Å². The maximum absolute atomic E-state index is 13.5. The van der Waals surface area contributed by atoms with E-state index < -0.39 is 0 Å². The molecule has 1 aliphatic carbocycles. The fourth-order valence-corrected chi connectivity index (χ4v) is 4.42. The van der Waals surface area contributed by atoms with Crippen LogP contribution in [0.4, 0.5) is 4.39 Å². The monoisotopic (exact) mass is 366 g/mol. The van der Waals surface area contributed by atoms with Gasteiger partial charge in [-0.15, -0.1) is 0 Å². The van der Waals surface area contributed by atoms with Gasteiger partial charge in [-0.1, -0.05) is 57.2 Å². The molecule has 1 aliphatic rings. The molecule has 0 bridgehead atoms. The van der Waals surface area contributed by atoms with Crippen molar-refractivity contribution < 1.29 is 14.0 Å². The summed E-state index contributed by atoms with van der Waals surface area (Å²) >= 11 is 0. The predicted octanol–water partition coefficient (Wildman–Crippen LogP) is 5.61. The number of halogens is 1. The molecule has 0 saturated carbocycles. The van der Waals surface area contributed by atoms with Crippen LogP contribution in [0.25, 0.3) is 0 Å². The van der Waals surface area contributed by atoms with Gasteiger partial charge in [0.05, 0.1) is 0 Å². The minimum absolute atomic E-state index is 0.101. The first-order valence-corrected chi connectivity index (χ1v) is 9.81. The normalized spacial score (nSPS) is 19.3. The van der Waals surface area contributed by atoms with Crippen molar-refractivity contribution in [2.24, 2.45) is 17.8 Å². The van der Waals surface area contributed by atoms with E-state index in [1.165, 1.54) is 12.1 Å². The Labute approximate surface area is 160 Å². The third-order valence-corrected chi connectivity index (χ3v) is 5.83. The Hall–Kier alpha value is -2.29. The second kappa shape index (κ2) is 8.16. The summed E-state index contributed by atoms with van der Waals surface area (Å²) in [5.74, 6) is -0.949. The van der Waals surface area contributed by atoms with Crippen molar-refractivity contribution in [1.82, 2.24) is 0 Å². The molecule has 2 aromatic rings. The fraction of sp³-hybridized carbons (Fsp3) is 0.417. The molecule has 3 rings (SSSR count). The third-order valence-electron chi connectivity index (χ3n) is 5.83. The molecular weight excluding hydrogens is 339 g/mol. The maximum atomic E-state index is 13.5. The molecule has 0 N–H and O–H groups in total. The number of carbonyl (C=O) groups excluding carboxylic acids is 2. The Balaban J connectivity index is 2.05. The number of fused-ring (bicyclic) bond motifs is 1.